The zero-order chi connectivity index (χ0) is 20.9. The average Bonchev–Trinajstić information content (AvgIpc) is 3.18. The summed E-state index contributed by atoms with van der Waals surface area (Å²) in [5.41, 5.74) is 1.35. The minimum absolute atomic E-state index is 0.0169. The van der Waals surface area contributed by atoms with Crippen LogP contribution in [0.15, 0.2) is 52.0 Å². The van der Waals surface area contributed by atoms with Gasteiger partial charge in [0.05, 0.1) is 6.54 Å². The lowest BCUT2D eigenvalue weighted by atomic mass is 10.0. The lowest BCUT2D eigenvalue weighted by molar-refractivity contribution is 0.0816. The molecule has 2 aromatic rings. The molecule has 0 radical (unpaired) electrons. The highest BCUT2D eigenvalue weighted by Gasteiger charge is 2.27. The summed E-state index contributed by atoms with van der Waals surface area (Å²) in [5.74, 6) is 0.707. The molecule has 1 aromatic heterocycles. The maximum Gasteiger partial charge on any atom is 0.275 e. The zero-order valence-corrected chi connectivity index (χ0v) is 18.6. The number of hydrogen-bond donors (Lipinski definition) is 0. The van der Waals surface area contributed by atoms with E-state index < -0.39 is 10.0 Å². The van der Waals surface area contributed by atoms with Crippen molar-refractivity contribution in [2.24, 2.45) is 0 Å². The number of rotatable bonds is 9. The standard InChI is InChI=1S/C22H33N3O3S/c1-4-14-25(18-21-12-13-22(28-21)29(26,27)23(2)3)20-11-8-15-24(17-20)16-19-9-6-5-7-10-19/h5-7,9-10,12-13,20H,4,8,11,14-18H2,1-3H3. The summed E-state index contributed by atoms with van der Waals surface area (Å²) in [4.78, 5) is 4.97. The molecule has 7 heteroatoms. The number of furan rings is 1. The van der Waals surface area contributed by atoms with E-state index in [9.17, 15) is 8.42 Å². The molecule has 29 heavy (non-hydrogen) atoms. The van der Waals surface area contributed by atoms with E-state index in [1.165, 1.54) is 30.4 Å². The van der Waals surface area contributed by atoms with Gasteiger partial charge in [0.1, 0.15) is 5.76 Å². The van der Waals surface area contributed by atoms with Gasteiger partial charge in [-0.05, 0) is 50.0 Å². The van der Waals surface area contributed by atoms with Gasteiger partial charge < -0.3 is 4.42 Å². The molecular formula is C22H33N3O3S. The largest absolute Gasteiger partial charge is 0.447 e. The summed E-state index contributed by atoms with van der Waals surface area (Å²) in [6.45, 7) is 6.92. The SMILES string of the molecule is CCCN(Cc1ccc(S(=O)(=O)N(C)C)o1)C1CCCN(Cc2ccccc2)C1. The first-order valence-electron chi connectivity index (χ1n) is 10.4. The number of nitrogens with zero attached hydrogens (tertiary/aromatic N) is 3. The van der Waals surface area contributed by atoms with Crippen molar-refractivity contribution < 1.29 is 12.8 Å². The van der Waals surface area contributed by atoms with Gasteiger partial charge >= 0.3 is 0 Å². The lowest BCUT2D eigenvalue weighted by Gasteiger charge is -2.39. The zero-order valence-electron chi connectivity index (χ0n) is 17.8. The molecule has 1 aliphatic rings. The Balaban J connectivity index is 1.67. The van der Waals surface area contributed by atoms with Gasteiger partial charge in [-0.15, -0.1) is 0 Å². The summed E-state index contributed by atoms with van der Waals surface area (Å²) < 4.78 is 31.5. The molecule has 1 aliphatic heterocycles. The first-order valence-corrected chi connectivity index (χ1v) is 11.9. The lowest BCUT2D eigenvalue weighted by Crippen LogP contribution is -2.47. The molecule has 0 amide bonds. The van der Waals surface area contributed by atoms with E-state index >= 15 is 0 Å². The number of likely N-dealkylation sites (tertiary alicyclic amines) is 1. The van der Waals surface area contributed by atoms with Gasteiger partial charge in [0.2, 0.25) is 5.09 Å². The molecular weight excluding hydrogens is 386 g/mol. The van der Waals surface area contributed by atoms with E-state index in [4.69, 9.17) is 4.42 Å². The highest BCUT2D eigenvalue weighted by atomic mass is 32.2. The van der Waals surface area contributed by atoms with Crippen molar-refractivity contribution in [2.45, 2.75) is 50.4 Å². The number of hydrogen-bond acceptors (Lipinski definition) is 5. The Morgan fingerprint density at radius 3 is 2.59 bits per heavy atom. The van der Waals surface area contributed by atoms with Crippen LogP contribution in [0.5, 0.6) is 0 Å². The number of piperidine rings is 1. The highest BCUT2D eigenvalue weighted by molar-refractivity contribution is 7.88. The molecule has 0 spiro atoms. The fourth-order valence-electron chi connectivity index (χ4n) is 3.95. The summed E-state index contributed by atoms with van der Waals surface area (Å²) in [6, 6.07) is 14.4. The molecule has 1 unspecified atom stereocenters. The van der Waals surface area contributed by atoms with Crippen LogP contribution in [0.3, 0.4) is 0 Å². The quantitative estimate of drug-likeness (QED) is 0.623. The number of sulfonamides is 1. The highest BCUT2D eigenvalue weighted by Crippen LogP contribution is 2.23. The van der Waals surface area contributed by atoms with Crippen LogP contribution in [-0.4, -0.2) is 62.3 Å². The van der Waals surface area contributed by atoms with E-state index in [1.54, 1.807) is 12.1 Å². The normalized spacial score (nSPS) is 18.6. The van der Waals surface area contributed by atoms with Crippen LogP contribution in [-0.2, 0) is 23.1 Å². The van der Waals surface area contributed by atoms with Crippen molar-refractivity contribution in [2.75, 3.05) is 33.7 Å². The van der Waals surface area contributed by atoms with Crippen molar-refractivity contribution in [3.05, 3.63) is 53.8 Å². The van der Waals surface area contributed by atoms with E-state index in [0.717, 1.165) is 39.0 Å². The Bertz CT molecular complexity index is 864. The molecule has 1 fully saturated rings. The van der Waals surface area contributed by atoms with E-state index in [-0.39, 0.29) is 5.09 Å². The summed E-state index contributed by atoms with van der Waals surface area (Å²) in [7, 11) is -0.496. The van der Waals surface area contributed by atoms with Crippen molar-refractivity contribution in [1.29, 1.82) is 0 Å². The summed E-state index contributed by atoms with van der Waals surface area (Å²) in [5, 5.41) is 0.0169. The third-order valence-corrected chi connectivity index (χ3v) is 7.18. The first-order chi connectivity index (χ1) is 13.9. The Morgan fingerprint density at radius 2 is 1.90 bits per heavy atom. The molecule has 0 saturated carbocycles. The van der Waals surface area contributed by atoms with Gasteiger partial charge in [0, 0.05) is 33.2 Å². The fraction of sp³-hybridized carbons (Fsp3) is 0.545. The molecule has 160 valence electrons. The van der Waals surface area contributed by atoms with E-state index in [2.05, 4.69) is 47.1 Å². The van der Waals surface area contributed by atoms with Crippen LogP contribution in [0.25, 0.3) is 0 Å². The van der Waals surface area contributed by atoms with Crippen molar-refractivity contribution in [1.82, 2.24) is 14.1 Å². The Morgan fingerprint density at radius 1 is 1.14 bits per heavy atom. The molecule has 1 saturated heterocycles. The number of benzene rings is 1. The third-order valence-electron chi connectivity index (χ3n) is 5.49. The third kappa shape index (κ3) is 5.69. The van der Waals surface area contributed by atoms with Gasteiger partial charge in [-0.2, -0.15) is 0 Å². The predicted octanol–water partition coefficient (Wildman–Crippen LogP) is 3.41. The second-order valence-electron chi connectivity index (χ2n) is 8.00. The van der Waals surface area contributed by atoms with Crippen molar-refractivity contribution in [3.63, 3.8) is 0 Å². The van der Waals surface area contributed by atoms with Crippen LogP contribution in [0.2, 0.25) is 0 Å². The Kier molecular flexibility index (Phi) is 7.51. The molecule has 2 heterocycles. The van der Waals surface area contributed by atoms with Gasteiger partial charge in [0.15, 0.2) is 0 Å². The minimum atomic E-state index is -3.53. The molecule has 0 aliphatic carbocycles. The van der Waals surface area contributed by atoms with Gasteiger partial charge in [-0.25, -0.2) is 12.7 Å². The predicted molar refractivity (Wildman–Crippen MR) is 115 cm³/mol. The molecule has 0 bridgehead atoms. The van der Waals surface area contributed by atoms with Crippen LogP contribution in [0.1, 0.15) is 37.5 Å². The molecule has 1 aromatic carbocycles. The van der Waals surface area contributed by atoms with Crippen LogP contribution >= 0.6 is 0 Å². The maximum absolute atomic E-state index is 12.3. The first kappa shape index (κ1) is 22.0. The van der Waals surface area contributed by atoms with Crippen molar-refractivity contribution in [3.8, 4) is 0 Å². The van der Waals surface area contributed by atoms with Gasteiger partial charge in [-0.1, -0.05) is 37.3 Å². The second-order valence-corrected chi connectivity index (χ2v) is 10.1. The van der Waals surface area contributed by atoms with Crippen LogP contribution < -0.4 is 0 Å². The molecule has 0 N–H and O–H groups in total. The van der Waals surface area contributed by atoms with Crippen LogP contribution in [0.4, 0.5) is 0 Å². The summed E-state index contributed by atoms with van der Waals surface area (Å²) >= 11 is 0. The average molecular weight is 420 g/mol. The topological polar surface area (TPSA) is 57.0 Å². The van der Waals surface area contributed by atoms with Crippen molar-refractivity contribution >= 4 is 10.0 Å². The molecule has 6 nitrogen and oxygen atoms in total. The fourth-order valence-corrected chi connectivity index (χ4v) is 4.77. The monoisotopic (exact) mass is 419 g/mol. The molecule has 3 rings (SSSR count). The Labute approximate surface area is 175 Å². The van der Waals surface area contributed by atoms with Gasteiger partial charge in [-0.3, -0.25) is 9.80 Å². The molecule has 1 atom stereocenters. The maximum atomic E-state index is 12.3. The Hall–Kier alpha value is -1.67. The van der Waals surface area contributed by atoms with Crippen LogP contribution in [0, 0.1) is 0 Å². The smallest absolute Gasteiger partial charge is 0.275 e. The minimum Gasteiger partial charge on any atom is -0.447 e. The van der Waals surface area contributed by atoms with Gasteiger partial charge in [0.25, 0.3) is 10.0 Å². The van der Waals surface area contributed by atoms with E-state index in [1.807, 2.05) is 0 Å². The second kappa shape index (κ2) is 9.89. The van der Waals surface area contributed by atoms with E-state index in [0.29, 0.717) is 18.3 Å². The summed E-state index contributed by atoms with van der Waals surface area (Å²) in [6.07, 6.45) is 3.39.